The molecule has 14 heavy (non-hydrogen) atoms. The van der Waals surface area contributed by atoms with Gasteiger partial charge in [0.15, 0.2) is 0 Å². The van der Waals surface area contributed by atoms with Crippen molar-refractivity contribution in [3.05, 3.63) is 24.5 Å². The molecule has 4 nitrogen and oxygen atoms in total. The minimum absolute atomic E-state index is 0.512. The molecule has 1 heterocycles. The molecule has 2 rings (SSSR count). The van der Waals surface area contributed by atoms with Crippen LogP contribution in [0.1, 0.15) is 0 Å². The van der Waals surface area contributed by atoms with E-state index in [4.69, 9.17) is 4.74 Å². The van der Waals surface area contributed by atoms with Gasteiger partial charge in [-0.3, -0.25) is 0 Å². The molecule has 0 aliphatic carbocycles. The third-order valence-corrected chi connectivity index (χ3v) is 2.15. The molecule has 0 saturated carbocycles. The van der Waals surface area contributed by atoms with Crippen molar-refractivity contribution < 1.29 is 4.74 Å². The second-order valence-electron chi connectivity index (χ2n) is 3.17. The summed E-state index contributed by atoms with van der Waals surface area (Å²) in [5, 5.41) is 3.12. The second kappa shape index (κ2) is 3.67. The van der Waals surface area contributed by atoms with E-state index in [1.165, 1.54) is 0 Å². The topological polar surface area (TPSA) is 39.1 Å². The predicted octanol–water partition coefficient (Wildman–Crippen LogP) is 1.59. The van der Waals surface area contributed by atoms with Gasteiger partial charge < -0.3 is 14.6 Å². The summed E-state index contributed by atoms with van der Waals surface area (Å²) in [5.74, 6) is 0. The number of methoxy groups -OCH3 is 1. The number of aromatic nitrogens is 2. The predicted molar refractivity (Wildman–Crippen MR) is 56.2 cm³/mol. The Morgan fingerprint density at radius 2 is 2.36 bits per heavy atom. The van der Waals surface area contributed by atoms with E-state index in [9.17, 15) is 0 Å². The summed E-state index contributed by atoms with van der Waals surface area (Å²) in [4.78, 5) is 4.27. The van der Waals surface area contributed by atoms with Gasteiger partial charge in [0.25, 0.3) is 0 Å². The summed E-state index contributed by atoms with van der Waals surface area (Å²) in [6, 6.07) is 6.07. The number of aryl methyl sites for hydroxylation is 1. The Morgan fingerprint density at radius 1 is 1.50 bits per heavy atom. The van der Waals surface area contributed by atoms with Crippen LogP contribution in [0.2, 0.25) is 0 Å². The van der Waals surface area contributed by atoms with E-state index in [1.54, 1.807) is 7.11 Å². The van der Waals surface area contributed by atoms with Crippen molar-refractivity contribution in [2.24, 2.45) is 7.05 Å². The molecule has 0 fully saturated rings. The highest BCUT2D eigenvalue weighted by Crippen LogP contribution is 2.16. The highest BCUT2D eigenvalue weighted by atomic mass is 16.5. The molecule has 1 aromatic heterocycles. The lowest BCUT2D eigenvalue weighted by molar-refractivity contribution is 0.221. The number of rotatable bonds is 3. The smallest absolute Gasteiger partial charge is 0.116 e. The number of benzene rings is 1. The van der Waals surface area contributed by atoms with Crippen LogP contribution < -0.4 is 5.32 Å². The largest absolute Gasteiger partial charge is 0.365 e. The fraction of sp³-hybridized carbons (Fsp3) is 0.300. The van der Waals surface area contributed by atoms with Crippen LogP contribution in [0.15, 0.2) is 24.5 Å². The molecule has 1 N–H and O–H groups in total. The first-order valence-corrected chi connectivity index (χ1v) is 4.45. The first-order valence-electron chi connectivity index (χ1n) is 4.45. The molecule has 0 bridgehead atoms. The molecule has 1 aromatic carbocycles. The molecule has 74 valence electrons. The maximum absolute atomic E-state index is 4.93. The van der Waals surface area contributed by atoms with Crippen molar-refractivity contribution in [2.75, 3.05) is 19.2 Å². The van der Waals surface area contributed by atoms with Crippen molar-refractivity contribution >= 4 is 16.7 Å². The average molecular weight is 191 g/mol. The number of imidazole rings is 1. The summed E-state index contributed by atoms with van der Waals surface area (Å²) >= 11 is 0. The average Bonchev–Trinajstić information content (AvgIpc) is 2.57. The number of hydrogen-bond acceptors (Lipinski definition) is 3. The number of nitrogens with zero attached hydrogens (tertiary/aromatic N) is 2. The molecule has 4 heteroatoms. The summed E-state index contributed by atoms with van der Waals surface area (Å²) in [6.45, 7) is 0.512. The molecular formula is C10H13N3O. The van der Waals surface area contributed by atoms with E-state index in [0.29, 0.717) is 6.73 Å². The van der Waals surface area contributed by atoms with E-state index < -0.39 is 0 Å². The summed E-state index contributed by atoms with van der Waals surface area (Å²) in [5.41, 5.74) is 3.15. The minimum atomic E-state index is 0.512. The van der Waals surface area contributed by atoms with Crippen LogP contribution in [0.3, 0.4) is 0 Å². The van der Waals surface area contributed by atoms with Crippen LogP contribution >= 0.6 is 0 Å². The van der Waals surface area contributed by atoms with Gasteiger partial charge in [-0.1, -0.05) is 0 Å². The van der Waals surface area contributed by atoms with Gasteiger partial charge in [-0.25, -0.2) is 4.98 Å². The van der Waals surface area contributed by atoms with Crippen LogP contribution in [-0.2, 0) is 11.8 Å². The van der Waals surface area contributed by atoms with Crippen molar-refractivity contribution in [3.63, 3.8) is 0 Å². The molecule has 0 aliphatic rings. The Bertz CT molecular complexity index is 436. The fourth-order valence-corrected chi connectivity index (χ4v) is 1.40. The molecule has 2 aromatic rings. The fourth-order valence-electron chi connectivity index (χ4n) is 1.40. The number of fused-ring (bicyclic) bond motifs is 1. The Balaban J connectivity index is 2.32. The van der Waals surface area contributed by atoms with Crippen molar-refractivity contribution in [2.45, 2.75) is 0 Å². The number of anilines is 1. The zero-order valence-electron chi connectivity index (χ0n) is 8.32. The molecule has 0 aliphatic heterocycles. The zero-order chi connectivity index (χ0) is 9.97. The van der Waals surface area contributed by atoms with Gasteiger partial charge in [-0.15, -0.1) is 0 Å². The summed E-state index contributed by atoms with van der Waals surface area (Å²) < 4.78 is 6.92. The first kappa shape index (κ1) is 9.02. The van der Waals surface area contributed by atoms with Gasteiger partial charge in [0.2, 0.25) is 0 Å². The van der Waals surface area contributed by atoms with Gasteiger partial charge in [0, 0.05) is 19.8 Å². The number of ether oxygens (including phenoxy) is 1. The normalized spacial score (nSPS) is 10.7. The van der Waals surface area contributed by atoms with Crippen LogP contribution in [0.4, 0.5) is 5.69 Å². The van der Waals surface area contributed by atoms with Gasteiger partial charge in [-0.2, -0.15) is 0 Å². The van der Waals surface area contributed by atoms with Gasteiger partial charge in [0.05, 0.1) is 17.4 Å². The molecule has 0 radical (unpaired) electrons. The Hall–Kier alpha value is -1.55. The van der Waals surface area contributed by atoms with Crippen LogP contribution in [0, 0.1) is 0 Å². The minimum Gasteiger partial charge on any atom is -0.365 e. The standard InChI is InChI=1S/C10H13N3O/c1-13-6-11-9-5-8(12-7-14-2)3-4-10(9)13/h3-6,12H,7H2,1-2H3. The summed E-state index contributed by atoms with van der Waals surface area (Å²) in [6.07, 6.45) is 1.81. The van der Waals surface area contributed by atoms with Crippen molar-refractivity contribution in [1.82, 2.24) is 9.55 Å². The van der Waals surface area contributed by atoms with Crippen LogP contribution in [-0.4, -0.2) is 23.4 Å². The highest BCUT2D eigenvalue weighted by molar-refractivity contribution is 5.79. The molecule has 0 amide bonds. The van der Waals surface area contributed by atoms with Crippen LogP contribution in [0.5, 0.6) is 0 Å². The van der Waals surface area contributed by atoms with E-state index >= 15 is 0 Å². The quantitative estimate of drug-likeness (QED) is 0.749. The number of nitrogens with one attached hydrogen (secondary N) is 1. The number of hydrogen-bond donors (Lipinski definition) is 1. The Morgan fingerprint density at radius 3 is 3.14 bits per heavy atom. The summed E-state index contributed by atoms with van der Waals surface area (Å²) in [7, 11) is 3.64. The molecule has 0 unspecified atom stereocenters. The van der Waals surface area contributed by atoms with Crippen LogP contribution in [0.25, 0.3) is 11.0 Å². The SMILES string of the molecule is COCNc1ccc2c(c1)ncn2C. The second-order valence-corrected chi connectivity index (χ2v) is 3.17. The third-order valence-electron chi connectivity index (χ3n) is 2.15. The lowest BCUT2D eigenvalue weighted by Crippen LogP contribution is -2.02. The van der Waals surface area contributed by atoms with Crippen molar-refractivity contribution in [3.8, 4) is 0 Å². The van der Waals surface area contributed by atoms with Gasteiger partial charge in [-0.05, 0) is 18.2 Å². The monoisotopic (exact) mass is 191 g/mol. The molecular weight excluding hydrogens is 178 g/mol. The van der Waals surface area contributed by atoms with E-state index in [0.717, 1.165) is 16.7 Å². The molecule has 0 saturated heterocycles. The first-order chi connectivity index (χ1) is 6.81. The lowest BCUT2D eigenvalue weighted by atomic mass is 10.3. The van der Waals surface area contributed by atoms with E-state index in [1.807, 2.05) is 36.1 Å². The van der Waals surface area contributed by atoms with Crippen molar-refractivity contribution in [1.29, 1.82) is 0 Å². The highest BCUT2D eigenvalue weighted by Gasteiger charge is 1.99. The zero-order valence-corrected chi connectivity index (χ0v) is 8.32. The van der Waals surface area contributed by atoms with E-state index in [-0.39, 0.29) is 0 Å². The molecule has 0 atom stereocenters. The lowest BCUT2D eigenvalue weighted by Gasteiger charge is -2.04. The Kier molecular flexibility index (Phi) is 2.37. The third kappa shape index (κ3) is 1.56. The van der Waals surface area contributed by atoms with Gasteiger partial charge >= 0.3 is 0 Å². The van der Waals surface area contributed by atoms with E-state index in [2.05, 4.69) is 10.3 Å². The van der Waals surface area contributed by atoms with Gasteiger partial charge in [0.1, 0.15) is 6.73 Å². The maximum atomic E-state index is 4.93. The maximum Gasteiger partial charge on any atom is 0.116 e. The Labute approximate surface area is 82.5 Å². The molecule has 0 spiro atoms.